The molecule has 1 N–H and O–H groups in total. The van der Waals surface area contributed by atoms with Gasteiger partial charge in [-0.1, -0.05) is 12.1 Å². The van der Waals surface area contributed by atoms with E-state index in [4.69, 9.17) is 14.2 Å². The highest BCUT2D eigenvalue weighted by Gasteiger charge is 2.27. The summed E-state index contributed by atoms with van der Waals surface area (Å²) in [6, 6.07) is 16.1. The van der Waals surface area contributed by atoms with Crippen LogP contribution in [0.5, 0.6) is 11.5 Å². The van der Waals surface area contributed by atoms with Gasteiger partial charge < -0.3 is 34.2 Å². The summed E-state index contributed by atoms with van der Waals surface area (Å²) in [6.07, 6.45) is 3.40. The van der Waals surface area contributed by atoms with E-state index in [1.807, 2.05) is 63.4 Å². The second-order valence-corrected chi connectivity index (χ2v) is 11.6. The molecule has 2 aliphatic rings. The summed E-state index contributed by atoms with van der Waals surface area (Å²) >= 11 is 0. The summed E-state index contributed by atoms with van der Waals surface area (Å²) in [5, 5.41) is 5.55. The zero-order chi connectivity index (χ0) is 30.4. The van der Waals surface area contributed by atoms with Crippen LogP contribution in [0.25, 0.3) is 21.8 Å². The SMILES string of the molecule is COc1cc(N2CCN(C(=O)OC(C)(C)C)CC2)c2ncccc2c1.COc1cc(N2CCNCC2)c2ncccc2c1. The molecule has 0 spiro atoms. The molecule has 10 heteroatoms. The number of ether oxygens (including phenoxy) is 3. The molecule has 0 bridgehead atoms. The molecular weight excluding hydrogens is 544 g/mol. The average molecular weight is 587 g/mol. The lowest BCUT2D eigenvalue weighted by Crippen LogP contribution is -2.50. The molecule has 2 aliphatic heterocycles. The van der Waals surface area contributed by atoms with Crippen LogP contribution in [-0.4, -0.2) is 93.1 Å². The zero-order valence-electron chi connectivity index (χ0n) is 25.8. The minimum Gasteiger partial charge on any atom is -0.497 e. The number of methoxy groups -OCH3 is 2. The van der Waals surface area contributed by atoms with E-state index in [-0.39, 0.29) is 6.09 Å². The van der Waals surface area contributed by atoms with Gasteiger partial charge >= 0.3 is 6.09 Å². The molecule has 228 valence electrons. The number of nitrogens with zero attached hydrogens (tertiary/aromatic N) is 5. The Morgan fingerprint density at radius 1 is 0.744 bits per heavy atom. The molecular formula is C33H42N6O4. The standard InChI is InChI=1S/C19H25N3O3.C14H17N3O/c1-19(2,3)25-18(23)22-10-8-21(9-11-22)16-13-15(24-4)12-14-6-5-7-20-17(14)16;1-18-12-9-11-3-2-4-16-14(11)13(10-12)17-7-5-15-6-8-17/h5-7,12-13H,8-11H2,1-4H3;2-4,9-10,15H,5-8H2,1H3. The van der Waals surface area contributed by atoms with Crippen molar-refractivity contribution in [3.05, 3.63) is 60.9 Å². The number of hydrogen-bond acceptors (Lipinski definition) is 9. The van der Waals surface area contributed by atoms with E-state index in [9.17, 15) is 4.79 Å². The largest absolute Gasteiger partial charge is 0.497 e. The van der Waals surface area contributed by atoms with Gasteiger partial charge in [0.15, 0.2) is 0 Å². The molecule has 4 heterocycles. The van der Waals surface area contributed by atoms with Crippen molar-refractivity contribution in [2.24, 2.45) is 0 Å². The number of anilines is 2. The quantitative estimate of drug-likeness (QED) is 0.357. The molecule has 2 saturated heterocycles. The molecule has 0 radical (unpaired) electrons. The second kappa shape index (κ2) is 13.3. The van der Waals surface area contributed by atoms with Gasteiger partial charge in [-0.25, -0.2) is 4.79 Å². The Morgan fingerprint density at radius 3 is 1.70 bits per heavy atom. The molecule has 2 aromatic carbocycles. The molecule has 0 aliphatic carbocycles. The number of pyridine rings is 2. The fraction of sp³-hybridized carbons (Fsp3) is 0.424. The van der Waals surface area contributed by atoms with Gasteiger partial charge in [0.25, 0.3) is 0 Å². The van der Waals surface area contributed by atoms with Crippen LogP contribution in [0.1, 0.15) is 20.8 Å². The Kier molecular flexibility index (Phi) is 9.35. The lowest BCUT2D eigenvalue weighted by Gasteiger charge is -2.37. The molecule has 0 saturated carbocycles. The normalized spacial score (nSPS) is 15.6. The number of carbonyl (C=O) groups is 1. The number of aromatic nitrogens is 2. The highest BCUT2D eigenvalue weighted by Crippen LogP contribution is 2.32. The van der Waals surface area contributed by atoms with Crippen LogP contribution in [0.15, 0.2) is 60.9 Å². The Bertz CT molecular complexity index is 1540. The number of nitrogens with one attached hydrogen (secondary N) is 1. The lowest BCUT2D eigenvalue weighted by atomic mass is 10.1. The Hall–Kier alpha value is -4.31. The van der Waals surface area contributed by atoms with E-state index in [1.165, 1.54) is 5.69 Å². The fourth-order valence-corrected chi connectivity index (χ4v) is 5.37. The third-order valence-corrected chi connectivity index (χ3v) is 7.52. The Morgan fingerprint density at radius 2 is 1.23 bits per heavy atom. The van der Waals surface area contributed by atoms with Crippen molar-refractivity contribution < 1.29 is 19.0 Å². The molecule has 43 heavy (non-hydrogen) atoms. The maximum Gasteiger partial charge on any atom is 0.410 e. The molecule has 6 rings (SSSR count). The smallest absolute Gasteiger partial charge is 0.410 e. The highest BCUT2D eigenvalue weighted by atomic mass is 16.6. The van der Waals surface area contributed by atoms with Gasteiger partial charge in [0.2, 0.25) is 0 Å². The van der Waals surface area contributed by atoms with Crippen LogP contribution < -0.4 is 24.6 Å². The first-order valence-corrected chi connectivity index (χ1v) is 14.8. The monoisotopic (exact) mass is 586 g/mol. The van der Waals surface area contributed by atoms with Crippen molar-refractivity contribution in [1.82, 2.24) is 20.2 Å². The first kappa shape index (κ1) is 30.2. The van der Waals surface area contributed by atoms with Gasteiger partial charge in [-0.05, 0) is 45.0 Å². The number of fused-ring (bicyclic) bond motifs is 2. The predicted molar refractivity (Wildman–Crippen MR) is 172 cm³/mol. The number of amides is 1. The van der Waals surface area contributed by atoms with E-state index in [0.717, 1.165) is 78.3 Å². The van der Waals surface area contributed by atoms with Gasteiger partial charge in [-0.3, -0.25) is 9.97 Å². The maximum absolute atomic E-state index is 12.2. The summed E-state index contributed by atoms with van der Waals surface area (Å²) in [5.74, 6) is 1.70. The van der Waals surface area contributed by atoms with E-state index >= 15 is 0 Å². The van der Waals surface area contributed by atoms with E-state index in [2.05, 4.69) is 37.2 Å². The maximum atomic E-state index is 12.2. The van der Waals surface area contributed by atoms with Gasteiger partial charge in [-0.15, -0.1) is 0 Å². The van der Waals surface area contributed by atoms with E-state index < -0.39 is 5.60 Å². The number of benzene rings is 2. The van der Waals surface area contributed by atoms with Gasteiger partial charge in [-0.2, -0.15) is 0 Å². The summed E-state index contributed by atoms with van der Waals surface area (Å²) in [6.45, 7) is 12.4. The Labute approximate surface area is 253 Å². The van der Waals surface area contributed by atoms with Crippen molar-refractivity contribution >= 4 is 39.3 Å². The van der Waals surface area contributed by atoms with Crippen molar-refractivity contribution in [3.8, 4) is 11.5 Å². The van der Waals surface area contributed by atoms with Gasteiger partial charge in [0, 0.05) is 87.7 Å². The third-order valence-electron chi connectivity index (χ3n) is 7.52. The van der Waals surface area contributed by atoms with Crippen LogP contribution in [0.2, 0.25) is 0 Å². The minimum atomic E-state index is -0.471. The first-order valence-electron chi connectivity index (χ1n) is 14.8. The Balaban J connectivity index is 0.000000180. The van der Waals surface area contributed by atoms with Crippen molar-refractivity contribution in [1.29, 1.82) is 0 Å². The van der Waals surface area contributed by atoms with Gasteiger partial charge in [0.1, 0.15) is 17.1 Å². The zero-order valence-corrected chi connectivity index (χ0v) is 25.8. The molecule has 1 amide bonds. The van der Waals surface area contributed by atoms with E-state index in [1.54, 1.807) is 25.3 Å². The summed E-state index contributed by atoms with van der Waals surface area (Å²) < 4.78 is 16.3. The van der Waals surface area contributed by atoms with Crippen molar-refractivity contribution in [3.63, 3.8) is 0 Å². The van der Waals surface area contributed by atoms with Crippen LogP contribution in [0.4, 0.5) is 16.2 Å². The van der Waals surface area contributed by atoms with Crippen LogP contribution in [-0.2, 0) is 4.74 Å². The minimum absolute atomic E-state index is 0.249. The number of rotatable bonds is 4. The second-order valence-electron chi connectivity index (χ2n) is 11.6. The van der Waals surface area contributed by atoms with Crippen molar-refractivity contribution in [2.45, 2.75) is 26.4 Å². The topological polar surface area (TPSA) is 92.3 Å². The third kappa shape index (κ3) is 7.37. The highest BCUT2D eigenvalue weighted by molar-refractivity contribution is 5.93. The molecule has 0 atom stereocenters. The first-order chi connectivity index (χ1) is 20.8. The molecule has 10 nitrogen and oxygen atoms in total. The molecule has 4 aromatic rings. The number of hydrogen-bond donors (Lipinski definition) is 1. The molecule has 2 fully saturated rings. The van der Waals surface area contributed by atoms with Gasteiger partial charge in [0.05, 0.1) is 36.6 Å². The van der Waals surface area contributed by atoms with Crippen LogP contribution >= 0.6 is 0 Å². The summed E-state index contributed by atoms with van der Waals surface area (Å²) in [7, 11) is 3.38. The lowest BCUT2D eigenvalue weighted by molar-refractivity contribution is 0.0240. The average Bonchev–Trinajstić information content (AvgIpc) is 3.03. The summed E-state index contributed by atoms with van der Waals surface area (Å²) in [4.78, 5) is 27.6. The summed E-state index contributed by atoms with van der Waals surface area (Å²) in [5.41, 5.74) is 3.75. The van der Waals surface area contributed by atoms with E-state index in [0.29, 0.717) is 13.1 Å². The molecule has 2 aromatic heterocycles. The van der Waals surface area contributed by atoms with Crippen molar-refractivity contribution in [2.75, 3.05) is 76.4 Å². The predicted octanol–water partition coefficient (Wildman–Crippen LogP) is 4.95. The number of carbonyl (C=O) groups excluding carboxylic acids is 1. The van der Waals surface area contributed by atoms with Crippen LogP contribution in [0.3, 0.4) is 0 Å². The number of piperazine rings is 2. The fourth-order valence-electron chi connectivity index (χ4n) is 5.37. The molecule has 0 unspecified atom stereocenters. The van der Waals surface area contributed by atoms with Crippen LogP contribution in [0, 0.1) is 0 Å².